The van der Waals surface area contributed by atoms with Crippen LogP contribution in [0.15, 0.2) is 5.38 Å². The fraction of sp³-hybridized carbons (Fsp3) is 0.500. The molecular formula is C12H15N5OS2. The van der Waals surface area contributed by atoms with Crippen LogP contribution >= 0.6 is 23.6 Å². The van der Waals surface area contributed by atoms with Crippen molar-refractivity contribution in [2.45, 2.75) is 38.8 Å². The van der Waals surface area contributed by atoms with Crippen LogP contribution in [0.25, 0.3) is 0 Å². The van der Waals surface area contributed by atoms with Gasteiger partial charge in [-0.2, -0.15) is 5.10 Å². The second kappa shape index (κ2) is 5.45. The lowest BCUT2D eigenvalue weighted by molar-refractivity contribution is -0.120. The molecule has 0 radical (unpaired) electrons. The third-order valence-corrected chi connectivity index (χ3v) is 4.25. The molecular weight excluding hydrogens is 294 g/mol. The van der Waals surface area contributed by atoms with Crippen molar-refractivity contribution in [2.75, 3.05) is 0 Å². The summed E-state index contributed by atoms with van der Waals surface area (Å²) in [4.78, 5) is 16.2. The fourth-order valence-corrected chi connectivity index (χ4v) is 2.98. The van der Waals surface area contributed by atoms with E-state index in [0.29, 0.717) is 23.8 Å². The summed E-state index contributed by atoms with van der Waals surface area (Å²) in [5.41, 5.74) is 0.811. The first kappa shape index (κ1) is 13.4. The van der Waals surface area contributed by atoms with E-state index >= 15 is 0 Å². The van der Waals surface area contributed by atoms with Crippen molar-refractivity contribution < 1.29 is 4.79 Å². The van der Waals surface area contributed by atoms with Gasteiger partial charge >= 0.3 is 0 Å². The molecule has 0 unspecified atom stereocenters. The summed E-state index contributed by atoms with van der Waals surface area (Å²) in [6, 6.07) is 0.453. The summed E-state index contributed by atoms with van der Waals surface area (Å²) in [5.74, 6) is 0.742. The number of hydrogen-bond donors (Lipinski definition) is 2. The zero-order valence-corrected chi connectivity index (χ0v) is 12.7. The highest BCUT2D eigenvalue weighted by Gasteiger charge is 2.27. The number of aromatic amines is 1. The molecule has 0 saturated heterocycles. The Bertz CT molecular complexity index is 682. The SMILES string of the molecule is Cc1nc(CC(=O)NCc2n[nH]c(=S)n2C2CC2)cs1. The van der Waals surface area contributed by atoms with Crippen LogP contribution in [0.5, 0.6) is 0 Å². The van der Waals surface area contributed by atoms with E-state index in [4.69, 9.17) is 12.2 Å². The second-order valence-corrected chi connectivity index (χ2v) is 6.31. The molecule has 0 aliphatic heterocycles. The maximum absolute atomic E-state index is 11.9. The molecule has 1 aliphatic rings. The Kier molecular flexibility index (Phi) is 3.66. The largest absolute Gasteiger partial charge is 0.348 e. The maximum Gasteiger partial charge on any atom is 0.226 e. The van der Waals surface area contributed by atoms with Crippen LogP contribution in [-0.4, -0.2) is 25.7 Å². The number of nitrogens with one attached hydrogen (secondary N) is 2. The van der Waals surface area contributed by atoms with Gasteiger partial charge in [-0.1, -0.05) is 0 Å². The number of H-pyrrole nitrogens is 1. The molecule has 1 saturated carbocycles. The fourth-order valence-electron chi connectivity index (χ4n) is 2.07. The summed E-state index contributed by atoms with van der Waals surface area (Å²) in [6.07, 6.45) is 2.57. The topological polar surface area (TPSA) is 75.6 Å². The number of aromatic nitrogens is 4. The van der Waals surface area contributed by atoms with Gasteiger partial charge in [-0.05, 0) is 32.0 Å². The van der Waals surface area contributed by atoms with Crippen LogP contribution in [0.1, 0.15) is 35.4 Å². The number of amides is 1. The first-order valence-corrected chi connectivity index (χ1v) is 7.76. The van der Waals surface area contributed by atoms with Crippen molar-refractivity contribution in [1.29, 1.82) is 0 Å². The molecule has 0 atom stereocenters. The molecule has 2 aromatic rings. The van der Waals surface area contributed by atoms with Gasteiger partial charge in [0, 0.05) is 11.4 Å². The molecule has 0 aromatic carbocycles. The Balaban J connectivity index is 1.59. The molecule has 2 aromatic heterocycles. The number of aryl methyl sites for hydroxylation is 1. The molecule has 1 fully saturated rings. The highest BCUT2D eigenvalue weighted by atomic mass is 32.1. The minimum atomic E-state index is -0.0495. The van der Waals surface area contributed by atoms with Crippen LogP contribution in [0.2, 0.25) is 0 Å². The predicted octanol–water partition coefficient (Wildman–Crippen LogP) is 1.90. The highest BCUT2D eigenvalue weighted by molar-refractivity contribution is 7.71. The van der Waals surface area contributed by atoms with E-state index in [0.717, 1.165) is 29.4 Å². The average molecular weight is 309 g/mol. The van der Waals surface area contributed by atoms with Gasteiger partial charge in [-0.25, -0.2) is 4.98 Å². The number of thiazole rings is 1. The Hall–Kier alpha value is -1.54. The Morgan fingerprint density at radius 1 is 1.65 bits per heavy atom. The first-order chi connectivity index (χ1) is 9.63. The molecule has 2 heterocycles. The summed E-state index contributed by atoms with van der Waals surface area (Å²) in [5, 5.41) is 12.7. The van der Waals surface area contributed by atoms with Gasteiger partial charge < -0.3 is 5.32 Å². The molecule has 20 heavy (non-hydrogen) atoms. The van der Waals surface area contributed by atoms with Gasteiger partial charge in [0.25, 0.3) is 0 Å². The molecule has 0 bridgehead atoms. The van der Waals surface area contributed by atoms with Crippen LogP contribution in [0.3, 0.4) is 0 Å². The van der Waals surface area contributed by atoms with E-state index in [1.165, 1.54) is 0 Å². The second-order valence-electron chi connectivity index (χ2n) is 4.86. The van der Waals surface area contributed by atoms with Crippen molar-refractivity contribution in [2.24, 2.45) is 0 Å². The summed E-state index contributed by atoms with van der Waals surface area (Å²) >= 11 is 6.75. The number of hydrogen-bond acceptors (Lipinski definition) is 5. The average Bonchev–Trinajstić information content (AvgIpc) is 3.06. The third-order valence-electron chi connectivity index (χ3n) is 3.14. The summed E-state index contributed by atoms with van der Waals surface area (Å²) in [7, 11) is 0. The zero-order chi connectivity index (χ0) is 14.1. The zero-order valence-electron chi connectivity index (χ0n) is 11.0. The van der Waals surface area contributed by atoms with E-state index in [1.54, 1.807) is 11.3 Å². The lowest BCUT2D eigenvalue weighted by Gasteiger charge is -2.06. The Morgan fingerprint density at radius 2 is 2.45 bits per heavy atom. The number of nitrogens with zero attached hydrogens (tertiary/aromatic N) is 3. The van der Waals surface area contributed by atoms with Crippen molar-refractivity contribution in [3.63, 3.8) is 0 Å². The standard InChI is InChI=1S/C12H15N5OS2/c1-7-14-8(6-20-7)4-11(18)13-5-10-15-16-12(19)17(10)9-2-3-9/h6,9H,2-5H2,1H3,(H,13,18)(H,16,19). The number of carbonyl (C=O) groups excluding carboxylic acids is 1. The first-order valence-electron chi connectivity index (χ1n) is 6.47. The molecule has 1 amide bonds. The van der Waals surface area contributed by atoms with Crippen molar-refractivity contribution >= 4 is 29.5 Å². The van der Waals surface area contributed by atoms with E-state index in [2.05, 4.69) is 20.5 Å². The predicted molar refractivity (Wildman–Crippen MR) is 78.1 cm³/mol. The monoisotopic (exact) mass is 309 g/mol. The molecule has 0 spiro atoms. The van der Waals surface area contributed by atoms with Crippen LogP contribution in [0.4, 0.5) is 0 Å². The van der Waals surface area contributed by atoms with Gasteiger partial charge in [0.05, 0.1) is 23.7 Å². The molecule has 3 rings (SSSR count). The lowest BCUT2D eigenvalue weighted by Crippen LogP contribution is -2.26. The smallest absolute Gasteiger partial charge is 0.226 e. The maximum atomic E-state index is 11.9. The molecule has 6 nitrogen and oxygen atoms in total. The minimum absolute atomic E-state index is 0.0495. The molecule has 106 valence electrons. The van der Waals surface area contributed by atoms with Crippen LogP contribution in [-0.2, 0) is 17.8 Å². The number of rotatable bonds is 5. The number of carbonyl (C=O) groups is 1. The van der Waals surface area contributed by atoms with E-state index < -0.39 is 0 Å². The van der Waals surface area contributed by atoms with E-state index in [-0.39, 0.29) is 5.91 Å². The summed E-state index contributed by atoms with van der Waals surface area (Å²) < 4.78 is 2.63. The van der Waals surface area contributed by atoms with Gasteiger partial charge in [-0.3, -0.25) is 14.5 Å². The van der Waals surface area contributed by atoms with E-state index in [9.17, 15) is 4.79 Å². The van der Waals surface area contributed by atoms with Gasteiger partial charge in [-0.15, -0.1) is 11.3 Å². The third kappa shape index (κ3) is 2.96. The van der Waals surface area contributed by atoms with Crippen LogP contribution < -0.4 is 5.32 Å². The van der Waals surface area contributed by atoms with Gasteiger partial charge in [0.15, 0.2) is 10.6 Å². The quantitative estimate of drug-likeness (QED) is 0.827. The lowest BCUT2D eigenvalue weighted by atomic mass is 10.3. The van der Waals surface area contributed by atoms with E-state index in [1.807, 2.05) is 16.9 Å². The van der Waals surface area contributed by atoms with Crippen molar-refractivity contribution in [3.05, 3.63) is 26.7 Å². The normalized spacial score (nSPS) is 14.4. The van der Waals surface area contributed by atoms with Gasteiger partial charge in [0.2, 0.25) is 5.91 Å². The molecule has 1 aliphatic carbocycles. The van der Waals surface area contributed by atoms with Gasteiger partial charge in [0.1, 0.15) is 0 Å². The van der Waals surface area contributed by atoms with Crippen molar-refractivity contribution in [3.8, 4) is 0 Å². The summed E-state index contributed by atoms with van der Waals surface area (Å²) in [6.45, 7) is 2.32. The van der Waals surface area contributed by atoms with Crippen LogP contribution in [0, 0.1) is 11.7 Å². The Morgan fingerprint density at radius 3 is 3.10 bits per heavy atom. The Labute approximate surface area is 125 Å². The molecule has 2 N–H and O–H groups in total. The highest BCUT2D eigenvalue weighted by Crippen LogP contribution is 2.35. The minimum Gasteiger partial charge on any atom is -0.348 e. The van der Waals surface area contributed by atoms with Crippen molar-refractivity contribution in [1.82, 2.24) is 25.1 Å². The molecule has 8 heteroatoms.